The SMILES string of the molecule is COc1c2n(cc(C(=O)NCc3ccc(F)cc3F)c1=O)[C@@H]1CC[C@@H]3CCN(C2=O)[C@@H]31. The van der Waals surface area contributed by atoms with Crippen LogP contribution < -0.4 is 15.5 Å². The number of methoxy groups -OCH3 is 1. The maximum Gasteiger partial charge on any atom is 0.274 e. The summed E-state index contributed by atoms with van der Waals surface area (Å²) in [5.41, 5.74) is -0.593. The van der Waals surface area contributed by atoms with Gasteiger partial charge in [-0.2, -0.15) is 0 Å². The number of benzene rings is 1. The molecule has 3 heterocycles. The van der Waals surface area contributed by atoms with Crippen molar-refractivity contribution in [3.8, 4) is 5.75 Å². The lowest BCUT2D eigenvalue weighted by molar-refractivity contribution is 0.0609. The summed E-state index contributed by atoms with van der Waals surface area (Å²) in [6.45, 7) is 0.447. The number of rotatable bonds is 4. The first-order valence-corrected chi connectivity index (χ1v) is 10.3. The summed E-state index contributed by atoms with van der Waals surface area (Å²) in [6.07, 6.45) is 4.19. The van der Waals surface area contributed by atoms with Crippen LogP contribution in [0.3, 0.4) is 0 Å². The molecule has 0 unspecified atom stereocenters. The van der Waals surface area contributed by atoms with Crippen LogP contribution in [-0.2, 0) is 6.54 Å². The third-order valence-corrected chi connectivity index (χ3v) is 6.73. The molecular weight excluding hydrogens is 408 g/mol. The summed E-state index contributed by atoms with van der Waals surface area (Å²) < 4.78 is 34.0. The summed E-state index contributed by atoms with van der Waals surface area (Å²) in [6, 6.07) is 3.11. The molecule has 7 nitrogen and oxygen atoms in total. The topological polar surface area (TPSA) is 80.6 Å². The van der Waals surface area contributed by atoms with E-state index in [9.17, 15) is 23.2 Å². The highest BCUT2D eigenvalue weighted by Gasteiger charge is 2.52. The van der Waals surface area contributed by atoms with Gasteiger partial charge in [0.1, 0.15) is 17.2 Å². The van der Waals surface area contributed by atoms with Crippen LogP contribution in [0.4, 0.5) is 8.78 Å². The molecule has 1 aromatic heterocycles. The van der Waals surface area contributed by atoms with Gasteiger partial charge in [0.25, 0.3) is 11.8 Å². The minimum absolute atomic E-state index is 0.0178. The Balaban J connectivity index is 1.51. The van der Waals surface area contributed by atoms with Gasteiger partial charge in [-0.25, -0.2) is 8.78 Å². The average Bonchev–Trinajstić information content (AvgIpc) is 3.35. The van der Waals surface area contributed by atoms with Crippen LogP contribution in [0, 0.1) is 17.6 Å². The molecular formula is C22H21F2N3O4. The molecule has 1 saturated carbocycles. The Labute approximate surface area is 176 Å². The molecule has 0 bridgehead atoms. The number of amides is 2. The van der Waals surface area contributed by atoms with Crippen molar-refractivity contribution >= 4 is 11.8 Å². The van der Waals surface area contributed by atoms with Crippen molar-refractivity contribution in [1.29, 1.82) is 0 Å². The third-order valence-electron chi connectivity index (χ3n) is 6.73. The number of ether oxygens (including phenoxy) is 1. The van der Waals surface area contributed by atoms with Gasteiger partial charge in [-0.3, -0.25) is 14.4 Å². The molecule has 9 heteroatoms. The maximum absolute atomic E-state index is 13.9. The van der Waals surface area contributed by atoms with Crippen molar-refractivity contribution in [3.63, 3.8) is 0 Å². The Kier molecular flexibility index (Phi) is 4.56. The monoisotopic (exact) mass is 429 g/mol. The van der Waals surface area contributed by atoms with Crippen molar-refractivity contribution in [2.45, 2.75) is 37.9 Å². The molecule has 1 aromatic carbocycles. The van der Waals surface area contributed by atoms with Crippen LogP contribution in [0.5, 0.6) is 5.75 Å². The molecule has 2 aliphatic heterocycles. The highest BCUT2D eigenvalue weighted by molar-refractivity contribution is 5.99. The molecule has 5 rings (SSSR count). The number of carbonyl (C=O) groups is 2. The fourth-order valence-corrected chi connectivity index (χ4v) is 5.31. The molecule has 2 aromatic rings. The number of halogens is 2. The third kappa shape index (κ3) is 2.94. The Morgan fingerprint density at radius 1 is 1.23 bits per heavy atom. The molecule has 1 saturated heterocycles. The average molecular weight is 429 g/mol. The number of hydrogen-bond donors (Lipinski definition) is 1. The number of carbonyl (C=O) groups excluding carboxylic acids is 2. The van der Waals surface area contributed by atoms with Gasteiger partial charge in [0.2, 0.25) is 5.43 Å². The molecule has 1 aliphatic carbocycles. The van der Waals surface area contributed by atoms with Crippen LogP contribution in [-0.4, -0.2) is 41.0 Å². The van der Waals surface area contributed by atoms with E-state index >= 15 is 0 Å². The van der Waals surface area contributed by atoms with E-state index in [2.05, 4.69) is 5.32 Å². The quantitative estimate of drug-likeness (QED) is 0.809. The molecule has 31 heavy (non-hydrogen) atoms. The van der Waals surface area contributed by atoms with Crippen LogP contribution in [0.2, 0.25) is 0 Å². The van der Waals surface area contributed by atoms with E-state index in [0.29, 0.717) is 12.5 Å². The summed E-state index contributed by atoms with van der Waals surface area (Å²) in [5, 5.41) is 2.51. The molecule has 0 radical (unpaired) electrons. The fraction of sp³-hybridized carbons (Fsp3) is 0.409. The zero-order valence-electron chi connectivity index (χ0n) is 16.9. The largest absolute Gasteiger partial charge is 0.491 e. The molecule has 1 N–H and O–H groups in total. The molecule has 162 valence electrons. The Hall–Kier alpha value is -3.23. The summed E-state index contributed by atoms with van der Waals surface area (Å²) in [5.74, 6) is -2.20. The Morgan fingerprint density at radius 3 is 2.77 bits per heavy atom. The second-order valence-electron chi connectivity index (χ2n) is 8.26. The van der Waals surface area contributed by atoms with Crippen LogP contribution in [0.1, 0.15) is 51.7 Å². The van der Waals surface area contributed by atoms with E-state index in [0.717, 1.165) is 31.4 Å². The zero-order chi connectivity index (χ0) is 21.9. The van der Waals surface area contributed by atoms with Gasteiger partial charge >= 0.3 is 0 Å². The minimum Gasteiger partial charge on any atom is -0.491 e. The standard InChI is InChI=1S/C22H21F2N3O4/c1-31-20-18-22(30)26-7-6-11-3-5-16(17(11)26)27(18)10-14(19(20)28)21(29)25-9-12-2-4-13(23)8-15(12)24/h2,4,8,10-11,16-17H,3,5-7,9H2,1H3,(H,25,29)/t11-,16-,17+/m1/s1. The highest BCUT2D eigenvalue weighted by atomic mass is 19.1. The number of aromatic nitrogens is 1. The van der Waals surface area contributed by atoms with Gasteiger partial charge in [0.05, 0.1) is 19.2 Å². The molecule has 2 amide bonds. The lowest BCUT2D eigenvalue weighted by atomic mass is 9.99. The van der Waals surface area contributed by atoms with Crippen molar-refractivity contribution < 1.29 is 23.1 Å². The van der Waals surface area contributed by atoms with E-state index in [1.807, 2.05) is 4.90 Å². The number of nitrogens with one attached hydrogen (secondary N) is 1. The minimum atomic E-state index is -0.788. The van der Waals surface area contributed by atoms with E-state index in [1.54, 1.807) is 4.57 Å². The van der Waals surface area contributed by atoms with E-state index in [-0.39, 0.29) is 47.1 Å². The number of hydrogen-bond acceptors (Lipinski definition) is 4. The van der Waals surface area contributed by atoms with Crippen molar-refractivity contribution in [1.82, 2.24) is 14.8 Å². The Morgan fingerprint density at radius 2 is 2.03 bits per heavy atom. The van der Waals surface area contributed by atoms with Gasteiger partial charge < -0.3 is 19.5 Å². The van der Waals surface area contributed by atoms with Gasteiger partial charge in [-0.1, -0.05) is 6.07 Å². The van der Waals surface area contributed by atoms with Gasteiger partial charge in [-0.15, -0.1) is 0 Å². The first-order valence-electron chi connectivity index (χ1n) is 10.3. The van der Waals surface area contributed by atoms with Crippen molar-refractivity contribution in [2.75, 3.05) is 13.7 Å². The normalized spacial score (nSPS) is 23.5. The molecule has 3 atom stereocenters. The second kappa shape index (κ2) is 7.18. The van der Waals surface area contributed by atoms with Gasteiger partial charge in [0, 0.05) is 30.9 Å². The van der Waals surface area contributed by atoms with E-state index in [4.69, 9.17) is 4.74 Å². The molecule has 3 aliphatic rings. The first-order chi connectivity index (χ1) is 14.9. The lowest BCUT2D eigenvalue weighted by Crippen LogP contribution is -2.48. The summed E-state index contributed by atoms with van der Waals surface area (Å²) >= 11 is 0. The highest BCUT2D eigenvalue weighted by Crippen LogP contribution is 2.48. The second-order valence-corrected chi connectivity index (χ2v) is 8.26. The zero-order valence-corrected chi connectivity index (χ0v) is 16.9. The van der Waals surface area contributed by atoms with Crippen molar-refractivity contribution in [2.24, 2.45) is 5.92 Å². The molecule has 2 fully saturated rings. The summed E-state index contributed by atoms with van der Waals surface area (Å²) in [7, 11) is 1.30. The van der Waals surface area contributed by atoms with Crippen LogP contribution >= 0.6 is 0 Å². The fourth-order valence-electron chi connectivity index (χ4n) is 5.31. The predicted octanol–water partition coefficient (Wildman–Crippen LogP) is 2.24. The number of fused-ring (bicyclic) bond motifs is 2. The first kappa shape index (κ1) is 19.7. The Bertz CT molecular complexity index is 1160. The number of nitrogens with zero attached hydrogens (tertiary/aromatic N) is 2. The smallest absolute Gasteiger partial charge is 0.274 e. The van der Waals surface area contributed by atoms with Gasteiger partial charge in [-0.05, 0) is 31.2 Å². The predicted molar refractivity (Wildman–Crippen MR) is 106 cm³/mol. The molecule has 0 spiro atoms. The van der Waals surface area contributed by atoms with Gasteiger partial charge in [0.15, 0.2) is 11.4 Å². The van der Waals surface area contributed by atoms with E-state index < -0.39 is 23.0 Å². The number of pyridine rings is 1. The van der Waals surface area contributed by atoms with Crippen molar-refractivity contribution in [3.05, 3.63) is 63.1 Å². The maximum atomic E-state index is 13.9. The van der Waals surface area contributed by atoms with Crippen LogP contribution in [0.15, 0.2) is 29.2 Å². The lowest BCUT2D eigenvalue weighted by Gasteiger charge is -2.38. The summed E-state index contributed by atoms with van der Waals surface area (Å²) in [4.78, 5) is 40.7. The van der Waals surface area contributed by atoms with E-state index in [1.165, 1.54) is 19.4 Å². The van der Waals surface area contributed by atoms with Crippen LogP contribution in [0.25, 0.3) is 0 Å².